The number of rotatable bonds is 3. The van der Waals surface area contributed by atoms with Gasteiger partial charge in [0.2, 0.25) is 0 Å². The summed E-state index contributed by atoms with van der Waals surface area (Å²) in [7, 11) is 0. The van der Waals surface area contributed by atoms with Crippen LogP contribution in [0.2, 0.25) is 0 Å². The number of aliphatic hydroxyl groups excluding tert-OH is 1. The summed E-state index contributed by atoms with van der Waals surface area (Å²) in [5, 5.41) is 17.9. The van der Waals surface area contributed by atoms with Crippen molar-refractivity contribution in [2.75, 3.05) is 13.1 Å². The molecule has 0 spiro atoms. The van der Waals surface area contributed by atoms with E-state index in [1.54, 1.807) is 0 Å². The Bertz CT molecular complexity index is 858. The third kappa shape index (κ3) is 2.65. The largest absolute Gasteiger partial charge is 0.391 e. The Balaban J connectivity index is 1.35. The molecule has 0 unspecified atom stereocenters. The lowest BCUT2D eigenvalue weighted by atomic mass is 9.77. The lowest BCUT2D eigenvalue weighted by Gasteiger charge is -2.36. The van der Waals surface area contributed by atoms with Crippen LogP contribution < -0.4 is 0 Å². The van der Waals surface area contributed by atoms with Crippen LogP contribution in [0, 0.1) is 11.8 Å². The molecule has 2 N–H and O–H groups in total. The van der Waals surface area contributed by atoms with Crippen LogP contribution in [0.25, 0.3) is 11.0 Å². The van der Waals surface area contributed by atoms with E-state index in [1.807, 2.05) is 36.8 Å². The van der Waals surface area contributed by atoms with Crippen LogP contribution in [0.15, 0.2) is 42.9 Å². The molecule has 5 rings (SSSR count). The van der Waals surface area contributed by atoms with Gasteiger partial charge in [-0.05, 0) is 42.9 Å². The van der Waals surface area contributed by atoms with E-state index in [4.69, 9.17) is 0 Å². The molecular weight excluding hydrogens is 314 g/mol. The predicted molar refractivity (Wildman–Crippen MR) is 94.9 cm³/mol. The highest BCUT2D eigenvalue weighted by atomic mass is 16.3. The van der Waals surface area contributed by atoms with Crippen molar-refractivity contribution in [3.63, 3.8) is 0 Å². The number of H-pyrrole nitrogens is 1. The molecule has 1 saturated carbocycles. The molecule has 6 heteroatoms. The maximum Gasteiger partial charge on any atom is 0.0961 e. The fraction of sp³-hybridized carbons (Fsp3) is 0.474. The van der Waals surface area contributed by atoms with E-state index in [1.165, 1.54) is 0 Å². The smallest absolute Gasteiger partial charge is 0.0961 e. The zero-order chi connectivity index (χ0) is 16.8. The summed E-state index contributed by atoms with van der Waals surface area (Å²) in [6, 6.07) is 10.3. The number of para-hydroxylation sites is 2. The van der Waals surface area contributed by atoms with Crippen molar-refractivity contribution in [3.05, 3.63) is 48.5 Å². The number of aliphatic hydroxyl groups is 1. The highest BCUT2D eigenvalue weighted by Crippen LogP contribution is 2.42. The van der Waals surface area contributed by atoms with Crippen molar-refractivity contribution in [2.45, 2.75) is 31.5 Å². The normalized spacial score (nSPS) is 30.0. The van der Waals surface area contributed by atoms with Crippen LogP contribution >= 0.6 is 0 Å². The molecule has 0 bridgehead atoms. The van der Waals surface area contributed by atoms with Crippen LogP contribution in [0.4, 0.5) is 0 Å². The van der Waals surface area contributed by atoms with Crippen LogP contribution in [-0.2, 0) is 6.54 Å². The number of fused-ring (bicyclic) bond motifs is 2. The molecule has 2 aliphatic rings. The molecule has 3 heterocycles. The Morgan fingerprint density at radius 1 is 1.12 bits per heavy atom. The number of aromatic nitrogens is 4. The number of hydrogen-bond donors (Lipinski definition) is 2. The van der Waals surface area contributed by atoms with E-state index in [-0.39, 0.29) is 12.1 Å². The predicted octanol–water partition coefficient (Wildman–Crippen LogP) is 2.20. The fourth-order valence-corrected chi connectivity index (χ4v) is 4.79. The van der Waals surface area contributed by atoms with Crippen molar-refractivity contribution in [2.24, 2.45) is 11.8 Å². The number of benzene rings is 1. The molecule has 1 saturated heterocycles. The Labute approximate surface area is 146 Å². The summed E-state index contributed by atoms with van der Waals surface area (Å²) in [5.41, 5.74) is 3.29. The zero-order valence-corrected chi connectivity index (χ0v) is 14.1. The van der Waals surface area contributed by atoms with Gasteiger partial charge in [0, 0.05) is 31.5 Å². The van der Waals surface area contributed by atoms with Crippen LogP contribution in [0.1, 0.15) is 24.6 Å². The molecule has 130 valence electrons. The minimum absolute atomic E-state index is 0.126. The van der Waals surface area contributed by atoms with Crippen molar-refractivity contribution in [1.29, 1.82) is 0 Å². The van der Waals surface area contributed by atoms with Gasteiger partial charge < -0.3 is 9.67 Å². The molecule has 6 nitrogen and oxygen atoms in total. The first-order valence-electron chi connectivity index (χ1n) is 9.08. The highest BCUT2D eigenvalue weighted by Gasteiger charge is 2.42. The minimum atomic E-state index is -0.300. The molecule has 2 fully saturated rings. The van der Waals surface area contributed by atoms with Crippen LogP contribution in [-0.4, -0.2) is 48.9 Å². The summed E-state index contributed by atoms with van der Waals surface area (Å²) >= 11 is 0. The summed E-state index contributed by atoms with van der Waals surface area (Å²) in [4.78, 5) is 7.00. The molecule has 3 aromatic rings. The van der Waals surface area contributed by atoms with Crippen molar-refractivity contribution < 1.29 is 5.11 Å². The van der Waals surface area contributed by atoms with Gasteiger partial charge >= 0.3 is 0 Å². The van der Waals surface area contributed by atoms with E-state index < -0.39 is 0 Å². The lowest BCUT2D eigenvalue weighted by Crippen LogP contribution is -2.36. The van der Waals surface area contributed by atoms with Crippen molar-refractivity contribution in [1.82, 2.24) is 24.6 Å². The topological polar surface area (TPSA) is 70.0 Å². The van der Waals surface area contributed by atoms with Gasteiger partial charge in [0.15, 0.2) is 0 Å². The lowest BCUT2D eigenvalue weighted by molar-refractivity contribution is 0.0374. The molecule has 1 aliphatic heterocycles. The summed E-state index contributed by atoms with van der Waals surface area (Å²) < 4.78 is 2.19. The maximum absolute atomic E-state index is 10.8. The van der Waals surface area contributed by atoms with E-state index in [0.717, 1.165) is 49.2 Å². The average Bonchev–Trinajstić information content (AvgIpc) is 3.33. The Kier molecular flexibility index (Phi) is 3.60. The van der Waals surface area contributed by atoms with Gasteiger partial charge in [-0.2, -0.15) is 5.10 Å². The fourth-order valence-electron chi connectivity index (χ4n) is 4.79. The second kappa shape index (κ2) is 5.97. The van der Waals surface area contributed by atoms with Gasteiger partial charge in [-0.1, -0.05) is 12.1 Å². The van der Waals surface area contributed by atoms with E-state index >= 15 is 0 Å². The number of hydrogen-bond acceptors (Lipinski definition) is 4. The molecule has 1 aromatic carbocycles. The molecule has 4 atom stereocenters. The van der Waals surface area contributed by atoms with Crippen LogP contribution in [0.3, 0.4) is 0 Å². The van der Waals surface area contributed by atoms with Crippen molar-refractivity contribution >= 4 is 11.0 Å². The highest BCUT2D eigenvalue weighted by molar-refractivity contribution is 5.75. The Morgan fingerprint density at radius 2 is 1.96 bits per heavy atom. The van der Waals surface area contributed by atoms with E-state index in [9.17, 15) is 5.11 Å². The van der Waals surface area contributed by atoms with Gasteiger partial charge in [-0.3, -0.25) is 10.00 Å². The number of imidazole rings is 1. The monoisotopic (exact) mass is 337 g/mol. The Morgan fingerprint density at radius 3 is 2.80 bits per heavy atom. The second-order valence-electron chi connectivity index (χ2n) is 7.54. The average molecular weight is 337 g/mol. The standard InChI is InChI=1S/C19H23N5O/c25-19-8-14-10-23(11-15-5-6-21-22-15)9-13(14)7-18(19)24-12-20-16-3-1-2-4-17(16)24/h1-6,12-14,18-19,25H,7-11H2,(H,21,22)/t13-,14+,18-,19-/m1/s1. The molecule has 1 aliphatic carbocycles. The van der Waals surface area contributed by atoms with Gasteiger partial charge in [0.1, 0.15) is 0 Å². The summed E-state index contributed by atoms with van der Waals surface area (Å²) in [5.74, 6) is 1.22. The number of nitrogens with one attached hydrogen (secondary N) is 1. The molecule has 0 radical (unpaired) electrons. The molecular formula is C19H23N5O. The van der Waals surface area contributed by atoms with Gasteiger partial charge in [0.05, 0.1) is 29.5 Å². The first-order chi connectivity index (χ1) is 12.3. The number of aromatic amines is 1. The SMILES string of the molecule is O[C@@H]1C[C@H]2CN(Cc3ccn[nH]3)C[C@H]2C[C@H]1n1cnc2ccccc21. The van der Waals surface area contributed by atoms with E-state index in [2.05, 4.69) is 30.7 Å². The molecule has 2 aromatic heterocycles. The molecule has 25 heavy (non-hydrogen) atoms. The zero-order valence-electron chi connectivity index (χ0n) is 14.1. The third-order valence-corrected chi connectivity index (χ3v) is 5.98. The first-order valence-corrected chi connectivity index (χ1v) is 9.08. The van der Waals surface area contributed by atoms with Crippen molar-refractivity contribution in [3.8, 4) is 0 Å². The summed E-state index contributed by atoms with van der Waals surface area (Å²) in [6.07, 6.45) is 5.30. The summed E-state index contributed by atoms with van der Waals surface area (Å²) in [6.45, 7) is 3.08. The van der Waals surface area contributed by atoms with Gasteiger partial charge in [0.25, 0.3) is 0 Å². The number of likely N-dealkylation sites (tertiary alicyclic amines) is 1. The number of nitrogens with zero attached hydrogens (tertiary/aromatic N) is 4. The van der Waals surface area contributed by atoms with Gasteiger partial charge in [-0.15, -0.1) is 0 Å². The molecule has 0 amide bonds. The Hall–Kier alpha value is -2.18. The van der Waals surface area contributed by atoms with E-state index in [0.29, 0.717) is 11.8 Å². The first kappa shape index (κ1) is 15.1. The quantitative estimate of drug-likeness (QED) is 0.769. The maximum atomic E-state index is 10.8. The minimum Gasteiger partial charge on any atom is -0.391 e. The van der Waals surface area contributed by atoms with Crippen LogP contribution in [0.5, 0.6) is 0 Å². The third-order valence-electron chi connectivity index (χ3n) is 5.98. The second-order valence-corrected chi connectivity index (χ2v) is 7.54. The van der Waals surface area contributed by atoms with Gasteiger partial charge in [-0.25, -0.2) is 4.98 Å².